The number of nitrogens with zero attached hydrogens (tertiary/aromatic N) is 3. The van der Waals surface area contributed by atoms with Crippen LogP contribution in [0, 0.1) is 5.92 Å². The maximum atomic E-state index is 5.97. The molecule has 2 unspecified atom stereocenters. The number of aromatic nitrogens is 2. The lowest BCUT2D eigenvalue weighted by molar-refractivity contribution is 0.394. The Morgan fingerprint density at radius 1 is 1.56 bits per heavy atom. The topological polar surface area (TPSA) is 64.3 Å². The lowest BCUT2D eigenvalue weighted by atomic mass is 10.1. The van der Waals surface area contributed by atoms with Crippen molar-refractivity contribution in [2.24, 2.45) is 11.7 Å². The van der Waals surface area contributed by atoms with Crippen LogP contribution in [0.25, 0.3) is 0 Å². The van der Waals surface area contributed by atoms with Crippen LogP contribution >= 0.6 is 15.9 Å². The van der Waals surface area contributed by atoms with Gasteiger partial charge in [-0.1, -0.05) is 6.92 Å². The Morgan fingerprint density at radius 2 is 2.31 bits per heavy atom. The van der Waals surface area contributed by atoms with Gasteiger partial charge in [0.1, 0.15) is 0 Å². The van der Waals surface area contributed by atoms with Gasteiger partial charge in [-0.2, -0.15) is 4.98 Å². The molecule has 2 N–H and O–H groups in total. The Morgan fingerprint density at radius 3 is 2.88 bits per heavy atom. The molecule has 5 nitrogen and oxygen atoms in total. The predicted molar refractivity (Wildman–Crippen MR) is 65.6 cm³/mol. The highest BCUT2D eigenvalue weighted by atomic mass is 79.9. The summed E-state index contributed by atoms with van der Waals surface area (Å²) in [6.45, 7) is 3.83. The largest absolute Gasteiger partial charge is 0.480 e. The summed E-state index contributed by atoms with van der Waals surface area (Å²) in [5.41, 5.74) is 5.97. The van der Waals surface area contributed by atoms with Crippen molar-refractivity contribution in [1.82, 2.24) is 9.97 Å². The molecule has 0 spiro atoms. The van der Waals surface area contributed by atoms with Crippen molar-refractivity contribution in [2.45, 2.75) is 13.0 Å². The average molecular weight is 287 g/mol. The van der Waals surface area contributed by atoms with E-state index < -0.39 is 0 Å². The second-order valence-corrected chi connectivity index (χ2v) is 4.93. The van der Waals surface area contributed by atoms with Gasteiger partial charge in [-0.3, -0.25) is 0 Å². The SMILES string of the molecule is COc1nc(N2CC(C)C(N)C2)ncc1Br. The summed E-state index contributed by atoms with van der Waals surface area (Å²) in [5, 5.41) is 0. The van der Waals surface area contributed by atoms with E-state index >= 15 is 0 Å². The predicted octanol–water partition coefficient (Wildman–Crippen LogP) is 1.03. The van der Waals surface area contributed by atoms with Gasteiger partial charge in [-0.15, -0.1) is 0 Å². The highest BCUT2D eigenvalue weighted by Crippen LogP contribution is 2.26. The lowest BCUT2D eigenvalue weighted by Crippen LogP contribution is -2.29. The van der Waals surface area contributed by atoms with E-state index in [0.29, 0.717) is 17.7 Å². The van der Waals surface area contributed by atoms with Crippen LogP contribution in [0.1, 0.15) is 6.92 Å². The summed E-state index contributed by atoms with van der Waals surface area (Å²) in [7, 11) is 1.59. The summed E-state index contributed by atoms with van der Waals surface area (Å²) in [6.07, 6.45) is 1.70. The molecule has 0 bridgehead atoms. The first kappa shape index (κ1) is 11.6. The van der Waals surface area contributed by atoms with Crippen LogP contribution in [0.2, 0.25) is 0 Å². The van der Waals surface area contributed by atoms with Crippen LogP contribution in [0.5, 0.6) is 5.88 Å². The fourth-order valence-electron chi connectivity index (χ4n) is 1.79. The van der Waals surface area contributed by atoms with Crippen molar-refractivity contribution in [3.8, 4) is 5.88 Å². The van der Waals surface area contributed by atoms with Crippen molar-refractivity contribution < 1.29 is 4.74 Å². The average Bonchev–Trinajstić information content (AvgIpc) is 2.60. The number of hydrogen-bond donors (Lipinski definition) is 1. The first-order chi connectivity index (χ1) is 7.61. The summed E-state index contributed by atoms with van der Waals surface area (Å²) in [4.78, 5) is 10.7. The minimum atomic E-state index is 0.193. The van der Waals surface area contributed by atoms with E-state index in [9.17, 15) is 0 Å². The van der Waals surface area contributed by atoms with Gasteiger partial charge in [0.05, 0.1) is 17.8 Å². The quantitative estimate of drug-likeness (QED) is 0.880. The van der Waals surface area contributed by atoms with Gasteiger partial charge in [0.25, 0.3) is 0 Å². The molecule has 1 aliphatic heterocycles. The normalized spacial score (nSPS) is 24.9. The lowest BCUT2D eigenvalue weighted by Gasteiger charge is -2.16. The zero-order valence-electron chi connectivity index (χ0n) is 9.35. The summed E-state index contributed by atoms with van der Waals surface area (Å²) < 4.78 is 5.90. The molecule has 0 saturated carbocycles. The third-order valence-electron chi connectivity index (χ3n) is 2.85. The van der Waals surface area contributed by atoms with Crippen molar-refractivity contribution in [3.63, 3.8) is 0 Å². The second kappa shape index (κ2) is 4.55. The van der Waals surface area contributed by atoms with E-state index in [2.05, 4.69) is 37.7 Å². The summed E-state index contributed by atoms with van der Waals surface area (Å²) in [6, 6.07) is 0.193. The Labute approximate surface area is 103 Å². The first-order valence-electron chi connectivity index (χ1n) is 5.19. The van der Waals surface area contributed by atoms with Crippen LogP contribution in [0.15, 0.2) is 10.7 Å². The number of rotatable bonds is 2. The van der Waals surface area contributed by atoms with Crippen LogP contribution in [0.3, 0.4) is 0 Å². The van der Waals surface area contributed by atoms with Crippen LogP contribution < -0.4 is 15.4 Å². The molecule has 1 aromatic heterocycles. The third kappa shape index (κ3) is 2.12. The number of hydrogen-bond acceptors (Lipinski definition) is 5. The summed E-state index contributed by atoms with van der Waals surface area (Å²) in [5.74, 6) is 1.70. The number of methoxy groups -OCH3 is 1. The van der Waals surface area contributed by atoms with Gasteiger partial charge in [-0.05, 0) is 21.8 Å². The molecule has 1 aromatic rings. The smallest absolute Gasteiger partial charge is 0.232 e. The zero-order valence-corrected chi connectivity index (χ0v) is 10.9. The molecule has 16 heavy (non-hydrogen) atoms. The highest BCUT2D eigenvalue weighted by Gasteiger charge is 2.28. The molecule has 1 aliphatic rings. The molecule has 0 aromatic carbocycles. The van der Waals surface area contributed by atoms with Crippen LogP contribution in [0.4, 0.5) is 5.95 Å². The monoisotopic (exact) mass is 286 g/mol. The van der Waals surface area contributed by atoms with E-state index in [-0.39, 0.29) is 6.04 Å². The van der Waals surface area contributed by atoms with Gasteiger partial charge in [0, 0.05) is 19.1 Å². The van der Waals surface area contributed by atoms with Crippen molar-refractivity contribution in [2.75, 3.05) is 25.1 Å². The fourth-order valence-corrected chi connectivity index (χ4v) is 2.15. The molecule has 0 aliphatic carbocycles. The molecule has 88 valence electrons. The van der Waals surface area contributed by atoms with Crippen molar-refractivity contribution in [3.05, 3.63) is 10.7 Å². The van der Waals surface area contributed by atoms with E-state index in [1.165, 1.54) is 0 Å². The Bertz CT molecular complexity index is 377. The number of halogens is 1. The molecule has 0 amide bonds. The van der Waals surface area contributed by atoms with Crippen LogP contribution in [-0.4, -0.2) is 36.2 Å². The first-order valence-corrected chi connectivity index (χ1v) is 5.98. The van der Waals surface area contributed by atoms with E-state index in [0.717, 1.165) is 17.6 Å². The minimum Gasteiger partial charge on any atom is -0.480 e. The Hall–Kier alpha value is -0.880. The number of nitrogens with two attached hydrogens (primary N) is 1. The molecule has 2 heterocycles. The number of anilines is 1. The fraction of sp³-hybridized carbons (Fsp3) is 0.600. The summed E-state index contributed by atoms with van der Waals surface area (Å²) >= 11 is 3.33. The molecular weight excluding hydrogens is 272 g/mol. The minimum absolute atomic E-state index is 0.193. The van der Waals surface area contributed by atoms with Gasteiger partial charge in [0.15, 0.2) is 0 Å². The molecule has 1 fully saturated rings. The van der Waals surface area contributed by atoms with E-state index in [1.54, 1.807) is 13.3 Å². The van der Waals surface area contributed by atoms with Crippen molar-refractivity contribution >= 4 is 21.9 Å². The maximum Gasteiger partial charge on any atom is 0.232 e. The molecule has 2 rings (SSSR count). The molecule has 6 heteroatoms. The second-order valence-electron chi connectivity index (χ2n) is 4.07. The highest BCUT2D eigenvalue weighted by molar-refractivity contribution is 9.10. The van der Waals surface area contributed by atoms with Gasteiger partial charge < -0.3 is 15.4 Å². The standard InChI is InChI=1S/C10H15BrN4O/c1-6-4-15(5-8(6)12)10-13-3-7(11)9(14-10)16-2/h3,6,8H,4-5,12H2,1-2H3. The van der Waals surface area contributed by atoms with Crippen molar-refractivity contribution in [1.29, 1.82) is 0 Å². The number of ether oxygens (including phenoxy) is 1. The van der Waals surface area contributed by atoms with Gasteiger partial charge in [-0.25, -0.2) is 4.98 Å². The maximum absolute atomic E-state index is 5.97. The molecule has 1 saturated heterocycles. The molecular formula is C10H15BrN4O. The van der Waals surface area contributed by atoms with E-state index in [1.807, 2.05) is 0 Å². The van der Waals surface area contributed by atoms with E-state index in [4.69, 9.17) is 10.5 Å². The van der Waals surface area contributed by atoms with Gasteiger partial charge in [0.2, 0.25) is 11.8 Å². The zero-order chi connectivity index (χ0) is 11.7. The Balaban J connectivity index is 2.22. The van der Waals surface area contributed by atoms with Gasteiger partial charge >= 0.3 is 0 Å². The third-order valence-corrected chi connectivity index (χ3v) is 3.39. The van der Waals surface area contributed by atoms with Crippen LogP contribution in [-0.2, 0) is 0 Å². The Kier molecular flexibility index (Phi) is 3.30. The molecule has 2 atom stereocenters. The molecule has 0 radical (unpaired) electrons.